The summed E-state index contributed by atoms with van der Waals surface area (Å²) in [6, 6.07) is 8.23. The molecule has 1 aliphatic heterocycles. The van der Waals surface area contributed by atoms with E-state index in [1.807, 2.05) is 12.1 Å². The summed E-state index contributed by atoms with van der Waals surface area (Å²) in [5.41, 5.74) is 8.18. The Labute approximate surface area is 116 Å². The van der Waals surface area contributed by atoms with Crippen molar-refractivity contribution in [3.63, 3.8) is 0 Å². The quantitative estimate of drug-likeness (QED) is 0.847. The van der Waals surface area contributed by atoms with E-state index in [9.17, 15) is 0 Å². The van der Waals surface area contributed by atoms with Crippen molar-refractivity contribution < 1.29 is 0 Å². The third-order valence-electron chi connectivity index (χ3n) is 4.64. The van der Waals surface area contributed by atoms with Crippen LogP contribution in [0.15, 0.2) is 24.3 Å². The van der Waals surface area contributed by atoms with Gasteiger partial charge in [-0.25, -0.2) is 0 Å². The van der Waals surface area contributed by atoms with E-state index in [0.29, 0.717) is 0 Å². The molecule has 3 nitrogen and oxygen atoms in total. The molecule has 2 aliphatic rings. The molecule has 2 fully saturated rings. The molecule has 3 heteroatoms. The van der Waals surface area contributed by atoms with Crippen molar-refractivity contribution >= 4 is 11.4 Å². The smallest absolute Gasteiger partial charge is 0.0600 e. The molecule has 1 aromatic rings. The average molecular weight is 259 g/mol. The van der Waals surface area contributed by atoms with Crippen molar-refractivity contribution in [1.82, 2.24) is 4.90 Å². The molecule has 104 valence electrons. The minimum atomic E-state index is 0.909. The van der Waals surface area contributed by atoms with Gasteiger partial charge >= 0.3 is 0 Å². The summed E-state index contributed by atoms with van der Waals surface area (Å²) in [6.45, 7) is 5.91. The Hall–Kier alpha value is -1.22. The van der Waals surface area contributed by atoms with Gasteiger partial charge in [0.15, 0.2) is 0 Å². The van der Waals surface area contributed by atoms with Crippen LogP contribution in [0, 0.1) is 5.92 Å². The third-order valence-corrected chi connectivity index (χ3v) is 4.64. The van der Waals surface area contributed by atoms with Crippen molar-refractivity contribution in [2.24, 2.45) is 5.92 Å². The maximum Gasteiger partial charge on any atom is 0.0600 e. The first-order valence-corrected chi connectivity index (χ1v) is 7.65. The topological polar surface area (TPSA) is 32.5 Å². The fourth-order valence-electron chi connectivity index (χ4n) is 3.50. The van der Waals surface area contributed by atoms with E-state index >= 15 is 0 Å². The van der Waals surface area contributed by atoms with Gasteiger partial charge in [0.1, 0.15) is 0 Å². The predicted molar refractivity (Wildman–Crippen MR) is 81.5 cm³/mol. The van der Waals surface area contributed by atoms with Gasteiger partial charge in [-0.3, -0.25) is 4.90 Å². The Bertz CT molecular complexity index is 404. The van der Waals surface area contributed by atoms with Crippen molar-refractivity contribution in [1.29, 1.82) is 0 Å². The van der Waals surface area contributed by atoms with Crippen LogP contribution in [-0.4, -0.2) is 37.6 Å². The van der Waals surface area contributed by atoms with Crippen LogP contribution < -0.4 is 10.6 Å². The minimum Gasteiger partial charge on any atom is -0.397 e. The maximum atomic E-state index is 6.06. The van der Waals surface area contributed by atoms with Gasteiger partial charge in [0.05, 0.1) is 11.4 Å². The van der Waals surface area contributed by atoms with E-state index in [4.69, 9.17) is 5.73 Å². The Balaban J connectivity index is 1.53. The summed E-state index contributed by atoms with van der Waals surface area (Å²) in [6.07, 6.45) is 5.80. The van der Waals surface area contributed by atoms with Gasteiger partial charge in [-0.05, 0) is 30.9 Å². The number of nitrogens with zero attached hydrogens (tertiary/aromatic N) is 2. The van der Waals surface area contributed by atoms with E-state index < -0.39 is 0 Å². The number of hydrogen-bond acceptors (Lipinski definition) is 3. The van der Waals surface area contributed by atoms with Crippen molar-refractivity contribution in [2.45, 2.75) is 25.7 Å². The van der Waals surface area contributed by atoms with Gasteiger partial charge in [0, 0.05) is 32.7 Å². The second kappa shape index (κ2) is 5.83. The molecular weight excluding hydrogens is 234 g/mol. The number of nitrogen functional groups attached to an aromatic ring is 1. The molecule has 0 spiro atoms. The summed E-state index contributed by atoms with van der Waals surface area (Å²) in [5.74, 6) is 0.966. The molecule has 1 aliphatic carbocycles. The van der Waals surface area contributed by atoms with Crippen molar-refractivity contribution in [3.05, 3.63) is 24.3 Å². The number of nitrogens with two attached hydrogens (primary N) is 1. The first-order valence-electron chi connectivity index (χ1n) is 7.65. The summed E-state index contributed by atoms with van der Waals surface area (Å²) in [5, 5.41) is 0. The molecule has 0 aromatic heterocycles. The van der Waals surface area contributed by atoms with Crippen LogP contribution in [0.3, 0.4) is 0 Å². The first kappa shape index (κ1) is 12.8. The van der Waals surface area contributed by atoms with Crippen molar-refractivity contribution in [2.75, 3.05) is 43.4 Å². The van der Waals surface area contributed by atoms with Gasteiger partial charge in [-0.1, -0.05) is 25.0 Å². The molecule has 0 unspecified atom stereocenters. The molecule has 1 heterocycles. The molecule has 2 N–H and O–H groups in total. The molecular formula is C16H25N3. The van der Waals surface area contributed by atoms with Gasteiger partial charge < -0.3 is 10.6 Å². The second-order valence-electron chi connectivity index (χ2n) is 6.00. The Kier molecular flexibility index (Phi) is 3.92. The standard InChI is InChI=1S/C16H25N3/c17-15-7-3-4-8-16(15)19-11-9-18(10-12-19)13-14-5-1-2-6-14/h3-4,7-8,14H,1-2,5-6,9-13,17H2. The van der Waals surface area contributed by atoms with Crippen LogP contribution in [0.2, 0.25) is 0 Å². The zero-order chi connectivity index (χ0) is 13.1. The van der Waals surface area contributed by atoms with Crippen LogP contribution >= 0.6 is 0 Å². The molecule has 0 bridgehead atoms. The fraction of sp³-hybridized carbons (Fsp3) is 0.625. The zero-order valence-corrected chi connectivity index (χ0v) is 11.7. The highest BCUT2D eigenvalue weighted by molar-refractivity contribution is 5.67. The summed E-state index contributed by atoms with van der Waals surface area (Å²) >= 11 is 0. The highest BCUT2D eigenvalue weighted by atomic mass is 15.3. The highest BCUT2D eigenvalue weighted by Gasteiger charge is 2.22. The Morgan fingerprint density at radius 3 is 2.37 bits per heavy atom. The Morgan fingerprint density at radius 1 is 1.00 bits per heavy atom. The third kappa shape index (κ3) is 3.03. The van der Waals surface area contributed by atoms with Crippen LogP contribution in [-0.2, 0) is 0 Å². The first-order chi connectivity index (χ1) is 9.33. The lowest BCUT2D eigenvalue weighted by Gasteiger charge is -2.37. The Morgan fingerprint density at radius 2 is 1.68 bits per heavy atom. The summed E-state index contributed by atoms with van der Waals surface area (Å²) in [4.78, 5) is 5.08. The number of rotatable bonds is 3. The number of piperazine rings is 1. The maximum absolute atomic E-state index is 6.06. The number of para-hydroxylation sites is 2. The lowest BCUT2D eigenvalue weighted by Crippen LogP contribution is -2.47. The van der Waals surface area contributed by atoms with E-state index in [2.05, 4.69) is 21.9 Å². The van der Waals surface area contributed by atoms with E-state index in [0.717, 1.165) is 24.7 Å². The monoisotopic (exact) mass is 259 g/mol. The van der Waals surface area contributed by atoms with Crippen molar-refractivity contribution in [3.8, 4) is 0 Å². The second-order valence-corrected chi connectivity index (χ2v) is 6.00. The normalized spacial score (nSPS) is 22.0. The van der Waals surface area contributed by atoms with E-state index in [1.165, 1.54) is 51.0 Å². The molecule has 0 radical (unpaired) electrons. The lowest BCUT2D eigenvalue weighted by molar-refractivity contribution is 0.220. The summed E-state index contributed by atoms with van der Waals surface area (Å²) in [7, 11) is 0. The molecule has 1 aromatic carbocycles. The molecule has 0 amide bonds. The van der Waals surface area contributed by atoms with Crippen LogP contribution in [0.4, 0.5) is 11.4 Å². The molecule has 1 saturated carbocycles. The molecule has 0 atom stereocenters. The lowest BCUT2D eigenvalue weighted by atomic mass is 10.1. The molecule has 19 heavy (non-hydrogen) atoms. The van der Waals surface area contributed by atoms with Gasteiger partial charge in [0.25, 0.3) is 0 Å². The van der Waals surface area contributed by atoms with Gasteiger partial charge in [0.2, 0.25) is 0 Å². The van der Waals surface area contributed by atoms with Crippen LogP contribution in [0.5, 0.6) is 0 Å². The number of anilines is 2. The van der Waals surface area contributed by atoms with Gasteiger partial charge in [-0.15, -0.1) is 0 Å². The molecule has 1 saturated heterocycles. The average Bonchev–Trinajstić information content (AvgIpc) is 2.93. The predicted octanol–water partition coefficient (Wildman–Crippen LogP) is 2.58. The highest BCUT2D eigenvalue weighted by Crippen LogP contribution is 2.27. The van der Waals surface area contributed by atoms with Crippen LogP contribution in [0.1, 0.15) is 25.7 Å². The van der Waals surface area contributed by atoms with E-state index in [1.54, 1.807) is 0 Å². The largest absolute Gasteiger partial charge is 0.397 e. The van der Waals surface area contributed by atoms with E-state index in [-0.39, 0.29) is 0 Å². The number of hydrogen-bond donors (Lipinski definition) is 1. The zero-order valence-electron chi connectivity index (χ0n) is 11.7. The summed E-state index contributed by atoms with van der Waals surface area (Å²) < 4.78 is 0. The SMILES string of the molecule is Nc1ccccc1N1CCN(CC2CCCC2)CC1. The van der Waals surface area contributed by atoms with Crippen LogP contribution in [0.25, 0.3) is 0 Å². The number of benzene rings is 1. The fourth-order valence-corrected chi connectivity index (χ4v) is 3.50. The molecule has 3 rings (SSSR count). The van der Waals surface area contributed by atoms with Gasteiger partial charge in [-0.2, -0.15) is 0 Å². The minimum absolute atomic E-state index is 0.909.